The second-order valence-corrected chi connectivity index (χ2v) is 5.62. The third-order valence-corrected chi connectivity index (χ3v) is 4.02. The predicted molar refractivity (Wildman–Crippen MR) is 75.6 cm³/mol. The third kappa shape index (κ3) is 3.34. The molecule has 2 rings (SSSR count). The molecule has 1 unspecified atom stereocenters. The van der Waals surface area contributed by atoms with Crippen LogP contribution >= 0.6 is 0 Å². The molecule has 0 heterocycles. The van der Waals surface area contributed by atoms with Gasteiger partial charge in [0.1, 0.15) is 0 Å². The van der Waals surface area contributed by atoms with Gasteiger partial charge in [0, 0.05) is 18.6 Å². The Kier molecular flexibility index (Phi) is 4.57. The highest BCUT2D eigenvalue weighted by Gasteiger charge is 2.28. The van der Waals surface area contributed by atoms with Crippen molar-refractivity contribution in [2.45, 2.75) is 51.3 Å². The van der Waals surface area contributed by atoms with Crippen molar-refractivity contribution in [1.29, 1.82) is 5.26 Å². The minimum absolute atomic E-state index is 0.457. The molecule has 1 atom stereocenters. The maximum absolute atomic E-state index is 10.3. The van der Waals surface area contributed by atoms with Gasteiger partial charge < -0.3 is 5.11 Å². The van der Waals surface area contributed by atoms with Gasteiger partial charge in [-0.2, -0.15) is 5.26 Å². The zero-order chi connectivity index (χ0) is 13.8. The summed E-state index contributed by atoms with van der Waals surface area (Å²) in [5.41, 5.74) is 1.53. The maximum Gasteiger partial charge on any atom is 0.0991 e. The number of hydrogen-bond acceptors (Lipinski definition) is 3. The molecule has 0 amide bonds. The van der Waals surface area contributed by atoms with Crippen molar-refractivity contribution in [3.63, 3.8) is 0 Å². The molecular weight excluding hydrogens is 236 g/mol. The summed E-state index contributed by atoms with van der Waals surface area (Å²) in [5.74, 6) is 0. The first-order valence-corrected chi connectivity index (χ1v) is 7.05. The molecule has 1 aliphatic carbocycles. The van der Waals surface area contributed by atoms with Gasteiger partial charge in [-0.3, -0.25) is 4.90 Å². The number of aliphatic hydroxyl groups is 1. The van der Waals surface area contributed by atoms with E-state index >= 15 is 0 Å². The molecule has 1 aromatic carbocycles. The molecule has 0 radical (unpaired) electrons. The van der Waals surface area contributed by atoms with E-state index in [2.05, 4.69) is 24.8 Å². The highest BCUT2D eigenvalue weighted by molar-refractivity contribution is 5.32. The fraction of sp³-hybridized carbons (Fsp3) is 0.562. The van der Waals surface area contributed by atoms with Crippen molar-refractivity contribution in [2.75, 3.05) is 6.54 Å². The predicted octanol–water partition coefficient (Wildman–Crippen LogP) is 2.85. The Hall–Kier alpha value is -1.37. The van der Waals surface area contributed by atoms with Gasteiger partial charge in [0.15, 0.2) is 0 Å². The fourth-order valence-electron chi connectivity index (χ4n) is 2.58. The Labute approximate surface area is 115 Å². The molecule has 0 spiro atoms. The lowest BCUT2D eigenvalue weighted by Gasteiger charge is -2.41. The quantitative estimate of drug-likeness (QED) is 0.883. The van der Waals surface area contributed by atoms with Crippen LogP contribution in [0.2, 0.25) is 0 Å². The van der Waals surface area contributed by atoms with Gasteiger partial charge in [-0.1, -0.05) is 18.6 Å². The van der Waals surface area contributed by atoms with Crippen molar-refractivity contribution in [2.24, 2.45) is 0 Å². The molecule has 1 fully saturated rings. The Balaban J connectivity index is 2.01. The average molecular weight is 258 g/mol. The summed E-state index contributed by atoms with van der Waals surface area (Å²) in [6, 6.07) is 10.4. The summed E-state index contributed by atoms with van der Waals surface area (Å²) in [6.45, 7) is 5.04. The van der Waals surface area contributed by atoms with E-state index < -0.39 is 6.10 Å². The Morgan fingerprint density at radius 3 is 2.37 bits per heavy atom. The topological polar surface area (TPSA) is 47.3 Å². The molecule has 19 heavy (non-hydrogen) atoms. The molecule has 1 aliphatic rings. The van der Waals surface area contributed by atoms with Crippen molar-refractivity contribution >= 4 is 0 Å². The first-order valence-electron chi connectivity index (χ1n) is 7.05. The first kappa shape index (κ1) is 14.0. The minimum atomic E-state index is -0.476. The van der Waals surface area contributed by atoms with Gasteiger partial charge in [-0.25, -0.2) is 0 Å². The van der Waals surface area contributed by atoms with Crippen LogP contribution in [0.4, 0.5) is 0 Å². The Morgan fingerprint density at radius 2 is 1.95 bits per heavy atom. The van der Waals surface area contributed by atoms with Crippen molar-refractivity contribution in [1.82, 2.24) is 4.90 Å². The van der Waals surface area contributed by atoms with Crippen LogP contribution < -0.4 is 0 Å². The highest BCUT2D eigenvalue weighted by atomic mass is 16.3. The molecule has 0 aromatic heterocycles. The largest absolute Gasteiger partial charge is 0.387 e. The molecule has 1 saturated carbocycles. The number of nitriles is 1. The summed E-state index contributed by atoms with van der Waals surface area (Å²) in [5, 5.41) is 19.1. The van der Waals surface area contributed by atoms with Gasteiger partial charge in [0.25, 0.3) is 0 Å². The summed E-state index contributed by atoms with van der Waals surface area (Å²) in [6.07, 6.45) is 3.33. The van der Waals surface area contributed by atoms with E-state index in [4.69, 9.17) is 5.26 Å². The van der Waals surface area contributed by atoms with Crippen molar-refractivity contribution in [3.8, 4) is 6.07 Å². The number of benzene rings is 1. The van der Waals surface area contributed by atoms with Crippen LogP contribution in [0.1, 0.15) is 50.3 Å². The number of rotatable bonds is 5. The van der Waals surface area contributed by atoms with Crippen molar-refractivity contribution in [3.05, 3.63) is 35.4 Å². The van der Waals surface area contributed by atoms with Crippen LogP contribution in [0.15, 0.2) is 24.3 Å². The van der Waals surface area contributed by atoms with Crippen LogP contribution in [0, 0.1) is 11.3 Å². The van der Waals surface area contributed by atoms with Crippen LogP contribution in [0.25, 0.3) is 0 Å². The van der Waals surface area contributed by atoms with E-state index in [1.165, 1.54) is 19.3 Å². The second-order valence-electron chi connectivity index (χ2n) is 5.62. The summed E-state index contributed by atoms with van der Waals surface area (Å²) in [7, 11) is 0. The lowest BCUT2D eigenvalue weighted by atomic mass is 9.90. The summed E-state index contributed by atoms with van der Waals surface area (Å²) < 4.78 is 0. The van der Waals surface area contributed by atoms with Crippen LogP contribution in [0.3, 0.4) is 0 Å². The fourth-order valence-corrected chi connectivity index (χ4v) is 2.58. The monoisotopic (exact) mass is 258 g/mol. The van der Waals surface area contributed by atoms with E-state index in [1.54, 1.807) is 12.1 Å². The molecule has 1 N–H and O–H groups in total. The summed E-state index contributed by atoms with van der Waals surface area (Å²) >= 11 is 0. The average Bonchev–Trinajstić information content (AvgIpc) is 2.35. The molecule has 102 valence electrons. The van der Waals surface area contributed by atoms with E-state index in [0.717, 1.165) is 5.56 Å². The van der Waals surface area contributed by atoms with Gasteiger partial charge in [-0.15, -0.1) is 0 Å². The molecule has 0 saturated heterocycles. The van der Waals surface area contributed by atoms with Gasteiger partial charge in [-0.05, 0) is 44.4 Å². The van der Waals surface area contributed by atoms with Crippen LogP contribution in [-0.2, 0) is 0 Å². The van der Waals surface area contributed by atoms with Crippen LogP contribution in [-0.4, -0.2) is 28.6 Å². The Bertz CT molecular complexity index is 443. The van der Waals surface area contributed by atoms with Crippen molar-refractivity contribution < 1.29 is 5.11 Å². The molecule has 3 heteroatoms. The second kappa shape index (κ2) is 6.18. The van der Waals surface area contributed by atoms with Gasteiger partial charge in [0.05, 0.1) is 17.7 Å². The van der Waals surface area contributed by atoms with E-state index in [-0.39, 0.29) is 0 Å². The van der Waals surface area contributed by atoms with Gasteiger partial charge in [0.2, 0.25) is 0 Å². The molecule has 0 aliphatic heterocycles. The first-order chi connectivity index (χ1) is 9.11. The third-order valence-electron chi connectivity index (χ3n) is 4.02. The highest BCUT2D eigenvalue weighted by Crippen LogP contribution is 2.28. The molecule has 1 aromatic rings. The minimum Gasteiger partial charge on any atom is -0.387 e. The van der Waals surface area contributed by atoms with Gasteiger partial charge >= 0.3 is 0 Å². The smallest absolute Gasteiger partial charge is 0.0991 e. The lowest BCUT2D eigenvalue weighted by molar-refractivity contribution is 0.0366. The number of nitrogens with zero attached hydrogens (tertiary/aromatic N) is 2. The molecule has 0 bridgehead atoms. The molecular formula is C16H22N2O. The normalized spacial score (nSPS) is 17.3. The van der Waals surface area contributed by atoms with E-state index in [9.17, 15) is 5.11 Å². The Morgan fingerprint density at radius 1 is 1.32 bits per heavy atom. The SMILES string of the molecule is CC(C)N(CC(O)c1ccc(C#N)cc1)C1CCC1. The number of hydrogen-bond donors (Lipinski definition) is 1. The van der Waals surface area contributed by atoms with E-state index in [1.807, 2.05) is 12.1 Å². The maximum atomic E-state index is 10.3. The zero-order valence-electron chi connectivity index (χ0n) is 11.7. The standard InChI is InChI=1S/C16H22N2O/c1-12(2)18(15-4-3-5-15)11-16(19)14-8-6-13(10-17)7-9-14/h6-9,12,15-16,19H,3-5,11H2,1-2H3. The molecule has 3 nitrogen and oxygen atoms in total. The van der Waals surface area contributed by atoms with Crippen LogP contribution in [0.5, 0.6) is 0 Å². The zero-order valence-corrected chi connectivity index (χ0v) is 11.7. The van der Waals surface area contributed by atoms with E-state index in [0.29, 0.717) is 24.2 Å². The number of aliphatic hydroxyl groups excluding tert-OH is 1. The lowest BCUT2D eigenvalue weighted by Crippen LogP contribution is -2.46. The summed E-state index contributed by atoms with van der Waals surface area (Å²) in [4.78, 5) is 2.40.